The quantitative estimate of drug-likeness (QED) is 0.104. The predicted octanol–water partition coefficient (Wildman–Crippen LogP) is 10.0. The molecule has 11 rings (SSSR count). The van der Waals surface area contributed by atoms with Crippen molar-refractivity contribution in [2.75, 3.05) is 6.54 Å². The second kappa shape index (κ2) is 13.8. The molecule has 0 fully saturated rings. The third-order valence-electron chi connectivity index (χ3n) is 10.9. The zero-order chi connectivity index (χ0) is 39.5. The van der Waals surface area contributed by atoms with E-state index >= 15 is 0 Å². The van der Waals surface area contributed by atoms with E-state index in [1.165, 1.54) is 0 Å². The number of aromatic nitrogens is 7. The molecule has 59 heavy (non-hydrogen) atoms. The van der Waals surface area contributed by atoms with E-state index in [9.17, 15) is 0 Å². The summed E-state index contributed by atoms with van der Waals surface area (Å²) in [4.78, 5) is 42.8. The summed E-state index contributed by atoms with van der Waals surface area (Å²) in [6, 6.07) is 41.1. The number of pyridine rings is 4. The standard InChI is InChI=1S/C49H32N10/c1-2-51-48(40-23-28-9-5-19-52-42(28)44-36(40)13-7-21-54-44)58-46(50)30-15-17-35-38(25-30)33-12-4-3-11-32(33)34-18-16-31(26-39(34)35)47-56-27-57-49(59-47)41-24-29-10-6-20-53-43(29)45-37(41)14-8-22-55-45/h3-27H,2H2,1H3,(H2,50,51,58). The molecule has 278 valence electrons. The first-order valence-electron chi connectivity index (χ1n) is 19.4. The number of hydrogen-bond donors (Lipinski definition) is 1. The van der Waals surface area contributed by atoms with Gasteiger partial charge in [0.05, 0.1) is 22.1 Å². The van der Waals surface area contributed by atoms with Gasteiger partial charge in [-0.2, -0.15) is 0 Å². The van der Waals surface area contributed by atoms with Crippen LogP contribution in [0.25, 0.3) is 98.7 Å². The van der Waals surface area contributed by atoms with Crippen LogP contribution in [0.15, 0.2) is 162 Å². The molecular formula is C49H32N10. The van der Waals surface area contributed by atoms with Gasteiger partial charge in [0.15, 0.2) is 17.5 Å². The van der Waals surface area contributed by atoms with Gasteiger partial charge in [0.2, 0.25) is 0 Å². The molecule has 5 heterocycles. The SMILES string of the molecule is CC/N=C(\N=C(/N)c1ccc2c(c1)c1ccccc1c1ccc(-c3ncnc(-c4cc5cccnc5c5ncccc45)n3)cc12)c1cc2cccnc2c2ncccc12. The number of fused-ring (bicyclic) bond motifs is 12. The molecule has 0 aliphatic heterocycles. The third kappa shape index (κ3) is 5.68. The van der Waals surface area contributed by atoms with E-state index in [-0.39, 0.29) is 0 Å². The number of nitrogens with zero attached hydrogens (tertiary/aromatic N) is 9. The summed E-state index contributed by atoms with van der Waals surface area (Å²) in [5, 5.41) is 10.4. The Morgan fingerprint density at radius 2 is 1.08 bits per heavy atom. The van der Waals surface area contributed by atoms with Gasteiger partial charge in [0.25, 0.3) is 0 Å². The maximum absolute atomic E-state index is 6.91. The molecule has 11 aromatic rings. The van der Waals surface area contributed by atoms with E-state index in [4.69, 9.17) is 20.7 Å². The zero-order valence-corrected chi connectivity index (χ0v) is 31.7. The maximum Gasteiger partial charge on any atom is 0.164 e. The van der Waals surface area contributed by atoms with E-state index in [2.05, 4.69) is 96.6 Å². The molecular weight excluding hydrogens is 729 g/mol. The predicted molar refractivity (Wildman–Crippen MR) is 239 cm³/mol. The van der Waals surface area contributed by atoms with Crippen LogP contribution in [0.4, 0.5) is 0 Å². The van der Waals surface area contributed by atoms with Gasteiger partial charge in [-0.15, -0.1) is 0 Å². The highest BCUT2D eigenvalue weighted by molar-refractivity contribution is 6.27. The Morgan fingerprint density at radius 3 is 1.85 bits per heavy atom. The van der Waals surface area contributed by atoms with Crippen molar-refractivity contribution in [3.63, 3.8) is 0 Å². The van der Waals surface area contributed by atoms with Gasteiger partial charge < -0.3 is 5.73 Å². The van der Waals surface area contributed by atoms with Gasteiger partial charge in [0, 0.05) is 75.1 Å². The van der Waals surface area contributed by atoms with E-state index in [1.807, 2.05) is 61.5 Å². The highest BCUT2D eigenvalue weighted by Gasteiger charge is 2.18. The fourth-order valence-electron chi connectivity index (χ4n) is 8.25. The lowest BCUT2D eigenvalue weighted by atomic mass is 9.92. The Labute approximate surface area is 337 Å². The molecule has 0 amide bonds. The first-order chi connectivity index (χ1) is 29.1. The summed E-state index contributed by atoms with van der Waals surface area (Å²) in [6.07, 6.45) is 8.72. The molecule has 0 radical (unpaired) electrons. The van der Waals surface area contributed by atoms with Crippen molar-refractivity contribution in [2.45, 2.75) is 6.92 Å². The third-order valence-corrected chi connectivity index (χ3v) is 10.9. The summed E-state index contributed by atoms with van der Waals surface area (Å²) in [5.74, 6) is 2.05. The van der Waals surface area contributed by atoms with Crippen molar-refractivity contribution in [1.29, 1.82) is 0 Å². The van der Waals surface area contributed by atoms with Crippen molar-refractivity contribution in [3.8, 4) is 22.8 Å². The Balaban J connectivity index is 1.04. The molecule has 0 spiro atoms. The number of benzene rings is 6. The second-order valence-electron chi connectivity index (χ2n) is 14.3. The lowest BCUT2D eigenvalue weighted by Gasteiger charge is -2.14. The number of aliphatic imine (C=N–C) groups is 2. The van der Waals surface area contributed by atoms with Gasteiger partial charge >= 0.3 is 0 Å². The van der Waals surface area contributed by atoms with E-state index in [0.717, 1.165) is 98.2 Å². The normalized spacial score (nSPS) is 12.5. The molecule has 0 aliphatic carbocycles. The summed E-state index contributed by atoms with van der Waals surface area (Å²) in [6.45, 7) is 2.53. The van der Waals surface area contributed by atoms with Gasteiger partial charge in [-0.25, -0.2) is 19.9 Å². The molecule has 0 saturated heterocycles. The van der Waals surface area contributed by atoms with Gasteiger partial charge in [-0.3, -0.25) is 24.9 Å². The fraction of sp³-hybridized carbons (Fsp3) is 0.0408. The average molecular weight is 761 g/mol. The molecule has 0 atom stereocenters. The van der Waals surface area contributed by atoms with Gasteiger partial charge in [0.1, 0.15) is 12.2 Å². The summed E-state index contributed by atoms with van der Waals surface area (Å²) in [5.41, 5.74) is 13.6. The van der Waals surface area contributed by atoms with Crippen LogP contribution in [0.3, 0.4) is 0 Å². The zero-order valence-electron chi connectivity index (χ0n) is 31.7. The Hall–Kier alpha value is -8.11. The number of hydrogen-bond acceptors (Lipinski definition) is 8. The monoisotopic (exact) mass is 760 g/mol. The fourth-order valence-corrected chi connectivity index (χ4v) is 8.25. The largest absolute Gasteiger partial charge is 0.383 e. The molecule has 5 aromatic heterocycles. The molecule has 0 saturated carbocycles. The molecule has 10 nitrogen and oxygen atoms in total. The second-order valence-corrected chi connectivity index (χ2v) is 14.3. The van der Waals surface area contributed by atoms with Crippen molar-refractivity contribution in [3.05, 3.63) is 164 Å². The number of nitrogens with two attached hydrogens (primary N) is 1. The van der Waals surface area contributed by atoms with Crippen LogP contribution in [0.2, 0.25) is 0 Å². The Kier molecular flexibility index (Phi) is 8.00. The maximum atomic E-state index is 6.91. The van der Waals surface area contributed by atoms with Crippen molar-refractivity contribution < 1.29 is 0 Å². The molecule has 6 aromatic carbocycles. The highest BCUT2D eigenvalue weighted by atomic mass is 15.0. The highest BCUT2D eigenvalue weighted by Crippen LogP contribution is 2.38. The Bertz CT molecular complexity index is 3580. The lowest BCUT2D eigenvalue weighted by molar-refractivity contribution is 1.07. The van der Waals surface area contributed by atoms with Crippen LogP contribution in [0.5, 0.6) is 0 Å². The average Bonchev–Trinajstić information content (AvgIpc) is 3.30. The van der Waals surface area contributed by atoms with Crippen LogP contribution < -0.4 is 5.73 Å². The van der Waals surface area contributed by atoms with Crippen molar-refractivity contribution in [2.24, 2.45) is 15.7 Å². The molecule has 2 N–H and O–H groups in total. The number of amidine groups is 2. The van der Waals surface area contributed by atoms with E-state index < -0.39 is 0 Å². The topological polar surface area (TPSA) is 141 Å². The molecule has 10 heteroatoms. The first-order valence-corrected chi connectivity index (χ1v) is 19.4. The summed E-state index contributed by atoms with van der Waals surface area (Å²) < 4.78 is 0. The van der Waals surface area contributed by atoms with Crippen LogP contribution in [0, 0.1) is 0 Å². The molecule has 0 bridgehead atoms. The van der Waals surface area contributed by atoms with Crippen LogP contribution >= 0.6 is 0 Å². The van der Waals surface area contributed by atoms with Gasteiger partial charge in [-0.05, 0) is 87.8 Å². The van der Waals surface area contributed by atoms with Crippen molar-refractivity contribution in [1.82, 2.24) is 34.9 Å². The van der Waals surface area contributed by atoms with Crippen LogP contribution in [-0.4, -0.2) is 53.1 Å². The first kappa shape index (κ1) is 34.2. The number of rotatable bonds is 5. The van der Waals surface area contributed by atoms with Crippen LogP contribution in [0.1, 0.15) is 18.1 Å². The van der Waals surface area contributed by atoms with Gasteiger partial charge in [-0.1, -0.05) is 72.8 Å². The molecule has 0 aliphatic rings. The minimum absolute atomic E-state index is 0.366. The smallest absolute Gasteiger partial charge is 0.164 e. The Morgan fingerprint density at radius 1 is 0.508 bits per heavy atom. The van der Waals surface area contributed by atoms with E-state index in [0.29, 0.717) is 29.9 Å². The summed E-state index contributed by atoms with van der Waals surface area (Å²) >= 11 is 0. The lowest BCUT2D eigenvalue weighted by Crippen LogP contribution is -2.17. The minimum atomic E-state index is 0.366. The minimum Gasteiger partial charge on any atom is -0.383 e. The van der Waals surface area contributed by atoms with Crippen molar-refractivity contribution >= 4 is 87.6 Å². The van der Waals surface area contributed by atoms with E-state index in [1.54, 1.807) is 31.1 Å². The van der Waals surface area contributed by atoms with Crippen LogP contribution in [-0.2, 0) is 0 Å². The summed E-state index contributed by atoms with van der Waals surface area (Å²) in [7, 11) is 0. The molecule has 0 unspecified atom stereocenters.